The molecule has 3 unspecified atom stereocenters. The second kappa shape index (κ2) is 51.2. The van der Waals surface area contributed by atoms with Gasteiger partial charge in [-0.15, -0.1) is 0 Å². The fourth-order valence-corrected chi connectivity index (χ4v) is 8.30. The fourth-order valence-electron chi connectivity index (χ4n) is 7.57. The first-order chi connectivity index (χ1) is 34.9. The molecule has 1 amide bonds. The summed E-state index contributed by atoms with van der Waals surface area (Å²) in [5.74, 6) is -0.567. The Kier molecular flexibility index (Phi) is 48.8. The van der Waals surface area contributed by atoms with Crippen molar-refractivity contribution in [2.75, 3.05) is 40.9 Å². The van der Waals surface area contributed by atoms with Crippen LogP contribution in [0, 0.1) is 0 Å². The summed E-state index contributed by atoms with van der Waals surface area (Å²) in [6.07, 6.45) is 69.4. The van der Waals surface area contributed by atoms with E-state index in [1.54, 1.807) is 0 Å². The highest BCUT2D eigenvalue weighted by atomic mass is 31.2. The first-order valence-corrected chi connectivity index (χ1v) is 30.2. The van der Waals surface area contributed by atoms with Crippen LogP contribution in [0.15, 0.2) is 109 Å². The Bertz CT molecular complexity index is 1600. The van der Waals surface area contributed by atoms with E-state index >= 15 is 0 Å². The van der Waals surface area contributed by atoms with Crippen LogP contribution < -0.4 is 5.32 Å². The van der Waals surface area contributed by atoms with E-state index in [9.17, 15) is 19.0 Å². The maximum absolute atomic E-state index is 13.5. The molecule has 0 fully saturated rings. The van der Waals surface area contributed by atoms with Gasteiger partial charge in [-0.25, -0.2) is 4.57 Å². The van der Waals surface area contributed by atoms with E-state index in [0.717, 1.165) is 135 Å². The van der Waals surface area contributed by atoms with E-state index < -0.39 is 20.0 Å². The Morgan fingerprint density at radius 1 is 0.500 bits per heavy atom. The normalized spacial score (nSPS) is 14.6. The Hall–Kier alpha value is -3.33. The van der Waals surface area contributed by atoms with E-state index in [1.165, 1.54) is 44.9 Å². The predicted octanol–water partition coefficient (Wildman–Crippen LogP) is 17.4. The summed E-state index contributed by atoms with van der Waals surface area (Å²) in [7, 11) is 1.45. The van der Waals surface area contributed by atoms with Crippen LogP contribution in [0.2, 0.25) is 0 Å². The van der Waals surface area contributed by atoms with Gasteiger partial charge in [-0.3, -0.25) is 18.6 Å². The number of phosphoric ester groups is 1. The molecule has 0 bridgehead atoms. The molecule has 0 aromatic carbocycles. The molecule has 0 saturated carbocycles. The third kappa shape index (κ3) is 51.6. The lowest BCUT2D eigenvalue weighted by molar-refractivity contribution is -0.870. The first kappa shape index (κ1) is 68.7. The number of carbonyl (C=O) groups excluding carboxylic acids is 2. The van der Waals surface area contributed by atoms with Crippen LogP contribution in [0.4, 0.5) is 0 Å². The summed E-state index contributed by atoms with van der Waals surface area (Å²) >= 11 is 0. The van der Waals surface area contributed by atoms with Gasteiger partial charge in [0.25, 0.3) is 0 Å². The molecule has 0 aromatic heterocycles. The average Bonchev–Trinajstić information content (AvgIpc) is 3.34. The molecule has 9 nitrogen and oxygen atoms in total. The molecule has 3 atom stereocenters. The summed E-state index contributed by atoms with van der Waals surface area (Å²) in [4.78, 5) is 37.6. The Balaban J connectivity index is 5.40. The van der Waals surface area contributed by atoms with Gasteiger partial charge in [-0.1, -0.05) is 208 Å². The van der Waals surface area contributed by atoms with Gasteiger partial charge in [0.15, 0.2) is 0 Å². The summed E-state index contributed by atoms with van der Waals surface area (Å²) in [6.45, 7) is 6.72. The van der Waals surface area contributed by atoms with Crippen molar-refractivity contribution in [2.24, 2.45) is 0 Å². The van der Waals surface area contributed by atoms with Crippen molar-refractivity contribution in [3.63, 3.8) is 0 Å². The molecule has 0 aliphatic heterocycles. The van der Waals surface area contributed by atoms with Crippen LogP contribution in [0.25, 0.3) is 0 Å². The number of amides is 1. The van der Waals surface area contributed by atoms with Crippen molar-refractivity contribution in [3.05, 3.63) is 109 Å². The molecule has 72 heavy (non-hydrogen) atoms. The van der Waals surface area contributed by atoms with Crippen molar-refractivity contribution in [1.82, 2.24) is 5.32 Å². The first-order valence-electron chi connectivity index (χ1n) is 28.7. The summed E-state index contributed by atoms with van der Waals surface area (Å²) in [5.41, 5.74) is 0. The lowest BCUT2D eigenvalue weighted by Crippen LogP contribution is -2.47. The van der Waals surface area contributed by atoms with Crippen LogP contribution in [0.5, 0.6) is 0 Å². The zero-order valence-corrected chi connectivity index (χ0v) is 47.8. The molecule has 0 radical (unpaired) electrons. The Labute approximate surface area is 442 Å². The number of unbranched alkanes of at least 4 members (excludes halogenated alkanes) is 18. The number of likely N-dealkylation sites (N-methyl/N-ethyl adjacent to an activating group) is 1. The van der Waals surface area contributed by atoms with E-state index in [0.29, 0.717) is 23.9 Å². The molecule has 0 saturated heterocycles. The lowest BCUT2D eigenvalue weighted by Gasteiger charge is -2.27. The van der Waals surface area contributed by atoms with E-state index in [2.05, 4.69) is 123 Å². The van der Waals surface area contributed by atoms with Gasteiger partial charge < -0.3 is 19.4 Å². The van der Waals surface area contributed by atoms with Crippen LogP contribution in [0.1, 0.15) is 220 Å². The quantitative estimate of drug-likeness (QED) is 0.0205. The molecule has 0 aliphatic rings. The SMILES string of the molecule is CC/C=C\C/C=C\C/C=C\C/C=C\C/C=C\CCCCCC(=O)OC(/C=C/CCCCCCCCCCC)C(COP(=O)(O)OCC[N+](C)(C)C)NC(=O)CCCCCCCC/C=C/C/C=C/C/C=C/CC. The minimum atomic E-state index is -4.46. The molecule has 2 N–H and O–H groups in total. The number of allylic oxidation sites excluding steroid dienone is 17. The zero-order chi connectivity index (χ0) is 52.9. The molecular weight excluding hydrogens is 916 g/mol. The van der Waals surface area contributed by atoms with Crippen LogP contribution >= 0.6 is 7.82 Å². The second-order valence-corrected chi connectivity index (χ2v) is 21.5. The highest BCUT2D eigenvalue weighted by molar-refractivity contribution is 7.47. The molecular formula is C62H108N2O7P+. The van der Waals surface area contributed by atoms with Crippen molar-refractivity contribution >= 4 is 19.7 Å². The van der Waals surface area contributed by atoms with E-state index in [4.69, 9.17) is 13.8 Å². The highest BCUT2D eigenvalue weighted by Crippen LogP contribution is 2.43. The number of esters is 1. The van der Waals surface area contributed by atoms with Crippen molar-refractivity contribution < 1.29 is 37.3 Å². The lowest BCUT2D eigenvalue weighted by atomic mass is 10.1. The number of quaternary nitrogens is 1. The number of phosphoric acid groups is 1. The zero-order valence-electron chi connectivity index (χ0n) is 46.9. The van der Waals surface area contributed by atoms with Gasteiger partial charge in [0, 0.05) is 12.8 Å². The van der Waals surface area contributed by atoms with Gasteiger partial charge in [-0.05, 0) is 109 Å². The van der Waals surface area contributed by atoms with Crippen LogP contribution in [-0.4, -0.2) is 74.3 Å². The van der Waals surface area contributed by atoms with Gasteiger partial charge >= 0.3 is 13.8 Å². The average molecular weight is 1020 g/mol. The maximum atomic E-state index is 13.5. The number of hydrogen-bond donors (Lipinski definition) is 2. The monoisotopic (exact) mass is 1020 g/mol. The molecule has 0 heterocycles. The molecule has 10 heteroatoms. The molecule has 0 aliphatic carbocycles. The standard InChI is InChI=1S/C62H107N2O7P/c1-7-10-13-16-19-22-25-27-29-31-32-33-35-37-40-43-46-49-52-55-62(66)71-60(53-50-47-44-41-38-24-21-18-15-12-9-3)59(58-70-72(67,68)69-57-56-64(4,5)6)63-61(65)54-51-48-45-42-39-36-34-30-28-26-23-20-17-14-11-8-2/h10-11,13-14,19-20,22-23,27-30,32-33,37,40,50,53,59-60H,7-9,12,15-18,21,24-26,31,34-36,38-39,41-49,51-52,54-58H2,1-6H3,(H-,63,65,67,68)/p+1/b13-10-,14-11+,22-19-,23-20+,29-27-,30-28+,33-32-,40-37-,53-50+. The molecule has 412 valence electrons. The number of nitrogens with one attached hydrogen (secondary N) is 1. The smallest absolute Gasteiger partial charge is 0.456 e. The van der Waals surface area contributed by atoms with Gasteiger partial charge in [-0.2, -0.15) is 0 Å². The van der Waals surface area contributed by atoms with E-state index in [1.807, 2.05) is 33.3 Å². The van der Waals surface area contributed by atoms with E-state index in [-0.39, 0.29) is 31.5 Å². The Morgan fingerprint density at radius 3 is 1.35 bits per heavy atom. The van der Waals surface area contributed by atoms with Crippen LogP contribution in [0.3, 0.4) is 0 Å². The highest BCUT2D eigenvalue weighted by Gasteiger charge is 2.30. The van der Waals surface area contributed by atoms with Crippen molar-refractivity contribution in [3.8, 4) is 0 Å². The third-order valence-electron chi connectivity index (χ3n) is 12.0. The molecule has 0 rings (SSSR count). The summed E-state index contributed by atoms with van der Waals surface area (Å²) in [5, 5.41) is 3.03. The minimum absolute atomic E-state index is 0.0260. The summed E-state index contributed by atoms with van der Waals surface area (Å²) < 4.78 is 30.6. The second-order valence-electron chi connectivity index (χ2n) is 20.0. The molecule has 0 aromatic rings. The number of rotatable bonds is 50. The number of ether oxygens (including phenoxy) is 1. The fraction of sp³-hybridized carbons (Fsp3) is 0.677. The van der Waals surface area contributed by atoms with Crippen molar-refractivity contribution in [1.29, 1.82) is 0 Å². The molecule has 0 spiro atoms. The maximum Gasteiger partial charge on any atom is 0.472 e. The van der Waals surface area contributed by atoms with Crippen LogP contribution in [-0.2, 0) is 27.9 Å². The minimum Gasteiger partial charge on any atom is -0.456 e. The number of hydrogen-bond acceptors (Lipinski definition) is 6. The Morgan fingerprint density at radius 2 is 0.889 bits per heavy atom. The topological polar surface area (TPSA) is 111 Å². The van der Waals surface area contributed by atoms with Gasteiger partial charge in [0.05, 0.1) is 33.8 Å². The van der Waals surface area contributed by atoms with Crippen molar-refractivity contribution in [2.45, 2.75) is 232 Å². The van der Waals surface area contributed by atoms with Gasteiger partial charge in [0.1, 0.15) is 19.3 Å². The number of carbonyl (C=O) groups is 2. The van der Waals surface area contributed by atoms with Gasteiger partial charge in [0.2, 0.25) is 5.91 Å². The third-order valence-corrected chi connectivity index (χ3v) is 12.9. The summed E-state index contributed by atoms with van der Waals surface area (Å²) in [6, 6.07) is -0.875. The number of nitrogens with zero attached hydrogens (tertiary/aromatic N) is 1. The predicted molar refractivity (Wildman–Crippen MR) is 309 cm³/mol. The largest absolute Gasteiger partial charge is 0.472 e.